The van der Waals surface area contributed by atoms with Crippen molar-refractivity contribution in [3.63, 3.8) is 0 Å². The van der Waals surface area contributed by atoms with E-state index in [9.17, 15) is 18.4 Å². The fourth-order valence-electron chi connectivity index (χ4n) is 1.86. The molecule has 0 spiro atoms. The Labute approximate surface area is 128 Å². The topological polar surface area (TPSA) is 75.4 Å². The predicted octanol–water partition coefficient (Wildman–Crippen LogP) is 1.88. The van der Waals surface area contributed by atoms with Gasteiger partial charge in [-0.15, -0.1) is 0 Å². The summed E-state index contributed by atoms with van der Waals surface area (Å²) in [5, 5.41) is 2.16. The molecule has 0 fully saturated rings. The third kappa shape index (κ3) is 5.40. The second kappa shape index (κ2) is 8.43. The van der Waals surface area contributed by atoms with Crippen molar-refractivity contribution >= 4 is 17.5 Å². The molecule has 0 aliphatic rings. The summed E-state index contributed by atoms with van der Waals surface area (Å²) in [6.07, 6.45) is 0.742. The number of carbonyl (C=O) groups is 2. The van der Waals surface area contributed by atoms with Gasteiger partial charge in [-0.25, -0.2) is 8.78 Å². The number of hydrogen-bond donors (Lipinski definition) is 2. The zero-order chi connectivity index (χ0) is 16.7. The summed E-state index contributed by atoms with van der Waals surface area (Å²) in [5.41, 5.74) is 5.08. The fraction of sp³-hybridized carbons (Fsp3) is 0.467. The number of rotatable bonds is 7. The molecule has 122 valence electrons. The van der Waals surface area contributed by atoms with Gasteiger partial charge in [0, 0.05) is 19.0 Å². The molecule has 0 saturated carbocycles. The minimum Gasteiger partial charge on any atom is -0.334 e. The highest BCUT2D eigenvalue weighted by Crippen LogP contribution is 2.17. The fourth-order valence-corrected chi connectivity index (χ4v) is 1.86. The molecule has 0 saturated heterocycles. The van der Waals surface area contributed by atoms with E-state index in [0.29, 0.717) is 13.0 Å². The maximum atomic E-state index is 13.4. The van der Waals surface area contributed by atoms with Gasteiger partial charge in [-0.3, -0.25) is 9.59 Å². The molecule has 1 aromatic rings. The Morgan fingerprint density at radius 1 is 1.32 bits per heavy atom. The van der Waals surface area contributed by atoms with Crippen LogP contribution in [-0.4, -0.2) is 35.8 Å². The molecule has 0 aliphatic heterocycles. The van der Waals surface area contributed by atoms with Crippen molar-refractivity contribution in [1.82, 2.24) is 4.90 Å². The third-order valence-electron chi connectivity index (χ3n) is 3.11. The first-order valence-electron chi connectivity index (χ1n) is 7.12. The van der Waals surface area contributed by atoms with E-state index in [-0.39, 0.29) is 24.9 Å². The molecule has 1 atom stereocenters. The highest BCUT2D eigenvalue weighted by molar-refractivity contribution is 5.94. The van der Waals surface area contributed by atoms with Crippen LogP contribution in [0.2, 0.25) is 0 Å². The van der Waals surface area contributed by atoms with Crippen molar-refractivity contribution in [3.05, 3.63) is 29.8 Å². The summed E-state index contributed by atoms with van der Waals surface area (Å²) < 4.78 is 26.9. The lowest BCUT2D eigenvalue weighted by molar-refractivity contribution is -0.134. The highest BCUT2D eigenvalue weighted by Gasteiger charge is 2.18. The van der Waals surface area contributed by atoms with Crippen molar-refractivity contribution in [2.75, 3.05) is 18.4 Å². The van der Waals surface area contributed by atoms with E-state index < -0.39 is 23.2 Å². The molecular weight excluding hydrogens is 292 g/mol. The normalized spacial score (nSPS) is 11.9. The second-order valence-electron chi connectivity index (χ2n) is 5.07. The Morgan fingerprint density at radius 2 is 1.91 bits per heavy atom. The van der Waals surface area contributed by atoms with Crippen LogP contribution in [0.1, 0.15) is 26.7 Å². The number of benzene rings is 1. The average molecular weight is 313 g/mol. The second-order valence-corrected chi connectivity index (χ2v) is 5.07. The number of likely N-dealkylation sites (N-methyl/N-ethyl adjacent to an activating group) is 1. The number of hydrogen-bond acceptors (Lipinski definition) is 3. The molecule has 0 aromatic heterocycles. The number of carbonyl (C=O) groups excluding carboxylic acids is 2. The van der Waals surface area contributed by atoms with Gasteiger partial charge in [0.15, 0.2) is 0 Å². The summed E-state index contributed by atoms with van der Waals surface area (Å²) in [7, 11) is 0. The molecule has 5 nitrogen and oxygen atoms in total. The van der Waals surface area contributed by atoms with E-state index in [0.717, 1.165) is 12.1 Å². The Hall–Kier alpha value is -2.02. The highest BCUT2D eigenvalue weighted by atomic mass is 19.1. The molecule has 3 N–H and O–H groups in total. The van der Waals surface area contributed by atoms with Crippen LogP contribution in [0.25, 0.3) is 0 Å². The van der Waals surface area contributed by atoms with Crippen molar-refractivity contribution < 1.29 is 18.4 Å². The van der Waals surface area contributed by atoms with Crippen LogP contribution in [0.3, 0.4) is 0 Å². The number of nitrogens with two attached hydrogens (primary N) is 1. The van der Waals surface area contributed by atoms with Gasteiger partial charge < -0.3 is 16.0 Å². The number of nitrogens with one attached hydrogen (secondary N) is 1. The van der Waals surface area contributed by atoms with E-state index in [1.807, 2.05) is 0 Å². The summed E-state index contributed by atoms with van der Waals surface area (Å²) >= 11 is 0. The molecule has 1 aromatic carbocycles. The quantitative estimate of drug-likeness (QED) is 0.807. The largest absolute Gasteiger partial charge is 0.334 e. The van der Waals surface area contributed by atoms with Gasteiger partial charge in [0.2, 0.25) is 11.8 Å². The standard InChI is InChI=1S/C15H21F2N3O2/c1-3-20(14(22)8-7-10(2)18)9-13(21)19-15-11(16)5-4-6-12(15)17/h4-6,10H,3,7-9,18H2,1-2H3,(H,19,21). The summed E-state index contributed by atoms with van der Waals surface area (Å²) in [6.45, 7) is 3.57. The molecule has 0 bridgehead atoms. The summed E-state index contributed by atoms with van der Waals surface area (Å²) in [4.78, 5) is 25.1. The Morgan fingerprint density at radius 3 is 2.41 bits per heavy atom. The monoisotopic (exact) mass is 313 g/mol. The van der Waals surface area contributed by atoms with Gasteiger partial charge in [0.25, 0.3) is 0 Å². The maximum Gasteiger partial charge on any atom is 0.244 e. The van der Waals surface area contributed by atoms with Crippen molar-refractivity contribution in [2.24, 2.45) is 5.73 Å². The molecule has 0 radical (unpaired) electrons. The van der Waals surface area contributed by atoms with E-state index >= 15 is 0 Å². The number of amides is 2. The first-order chi connectivity index (χ1) is 10.3. The molecule has 1 rings (SSSR count). The van der Waals surface area contributed by atoms with Gasteiger partial charge in [-0.2, -0.15) is 0 Å². The van der Waals surface area contributed by atoms with E-state index in [2.05, 4.69) is 5.32 Å². The van der Waals surface area contributed by atoms with Crippen LogP contribution in [0, 0.1) is 11.6 Å². The van der Waals surface area contributed by atoms with Gasteiger partial charge in [-0.05, 0) is 32.4 Å². The van der Waals surface area contributed by atoms with Gasteiger partial charge in [-0.1, -0.05) is 6.07 Å². The summed E-state index contributed by atoms with van der Waals surface area (Å²) in [5.74, 6) is -2.59. The van der Waals surface area contributed by atoms with Crippen LogP contribution in [0.4, 0.5) is 14.5 Å². The van der Waals surface area contributed by atoms with Crippen LogP contribution in [-0.2, 0) is 9.59 Å². The third-order valence-corrected chi connectivity index (χ3v) is 3.11. The lowest BCUT2D eigenvalue weighted by atomic mass is 10.2. The minimum atomic E-state index is -0.861. The van der Waals surface area contributed by atoms with E-state index in [4.69, 9.17) is 5.73 Å². The van der Waals surface area contributed by atoms with Crippen molar-refractivity contribution in [1.29, 1.82) is 0 Å². The van der Waals surface area contributed by atoms with E-state index in [1.165, 1.54) is 11.0 Å². The molecule has 22 heavy (non-hydrogen) atoms. The molecular formula is C15H21F2N3O2. The summed E-state index contributed by atoms with van der Waals surface area (Å²) in [6, 6.07) is 3.19. The number of nitrogens with zero attached hydrogens (tertiary/aromatic N) is 1. The lowest BCUT2D eigenvalue weighted by Crippen LogP contribution is -2.38. The Balaban J connectivity index is 2.64. The number of halogens is 2. The molecule has 7 heteroatoms. The Kier molecular flexibility index (Phi) is 6.91. The molecule has 0 aliphatic carbocycles. The zero-order valence-electron chi connectivity index (χ0n) is 12.7. The molecule has 1 unspecified atom stereocenters. The van der Waals surface area contributed by atoms with Gasteiger partial charge in [0.1, 0.15) is 17.3 Å². The average Bonchev–Trinajstić information content (AvgIpc) is 2.46. The first-order valence-corrected chi connectivity index (χ1v) is 7.12. The smallest absolute Gasteiger partial charge is 0.244 e. The zero-order valence-corrected chi connectivity index (χ0v) is 12.7. The van der Waals surface area contributed by atoms with Crippen LogP contribution in [0.5, 0.6) is 0 Å². The molecule has 2 amide bonds. The van der Waals surface area contributed by atoms with Crippen molar-refractivity contribution in [2.45, 2.75) is 32.7 Å². The number of para-hydroxylation sites is 1. The predicted molar refractivity (Wildman–Crippen MR) is 80.1 cm³/mol. The Bertz CT molecular complexity index is 515. The van der Waals surface area contributed by atoms with Crippen molar-refractivity contribution in [3.8, 4) is 0 Å². The van der Waals surface area contributed by atoms with Crippen LogP contribution >= 0.6 is 0 Å². The SMILES string of the molecule is CCN(CC(=O)Nc1c(F)cccc1F)C(=O)CCC(C)N. The molecule has 0 heterocycles. The van der Waals surface area contributed by atoms with Crippen LogP contribution in [0.15, 0.2) is 18.2 Å². The first kappa shape index (κ1) is 18.0. The van der Waals surface area contributed by atoms with E-state index in [1.54, 1.807) is 13.8 Å². The van der Waals surface area contributed by atoms with Gasteiger partial charge >= 0.3 is 0 Å². The van der Waals surface area contributed by atoms with Gasteiger partial charge in [0.05, 0.1) is 6.54 Å². The lowest BCUT2D eigenvalue weighted by Gasteiger charge is -2.21. The minimum absolute atomic E-state index is 0.107. The van der Waals surface area contributed by atoms with Crippen LogP contribution < -0.4 is 11.1 Å². The number of anilines is 1. The maximum absolute atomic E-state index is 13.4.